The predicted molar refractivity (Wildman–Crippen MR) is 142 cm³/mol. The Bertz CT molecular complexity index is 773. The monoisotopic (exact) mass is 508 g/mol. The number of methoxy groups -OCH3 is 1. The number of ether oxygens (including phenoxy) is 4. The fourth-order valence-electron chi connectivity index (χ4n) is 4.08. The first-order valence-electron chi connectivity index (χ1n) is 12.9. The van der Waals surface area contributed by atoms with Gasteiger partial charge in [-0.05, 0) is 23.7 Å². The number of benzene rings is 1. The van der Waals surface area contributed by atoms with Gasteiger partial charge in [-0.15, -0.1) is 0 Å². The van der Waals surface area contributed by atoms with Crippen LogP contribution in [0.3, 0.4) is 0 Å². The van der Waals surface area contributed by atoms with Gasteiger partial charge in [0.25, 0.3) is 0 Å². The SMILES string of the molecule is CCC(=O)C[C@H]1O[C@H]([C@@H](COCOCc2ccccc2)OC)C[C@@H](O[Si](C)(C)C(C)(C)C)C1(C)C. The Balaban J connectivity index is 2.08. The molecule has 2 rings (SSSR count). The van der Waals surface area contributed by atoms with Crippen LogP contribution in [0.2, 0.25) is 18.1 Å². The first-order chi connectivity index (χ1) is 16.3. The van der Waals surface area contributed by atoms with E-state index in [0.717, 1.165) is 5.56 Å². The molecule has 4 atom stereocenters. The third-order valence-electron chi connectivity index (χ3n) is 7.77. The summed E-state index contributed by atoms with van der Waals surface area (Å²) >= 11 is 0. The lowest BCUT2D eigenvalue weighted by Crippen LogP contribution is -2.59. The molecule has 1 aliphatic rings. The van der Waals surface area contributed by atoms with Gasteiger partial charge in [0, 0.05) is 31.8 Å². The number of hydrogen-bond donors (Lipinski definition) is 0. The molecule has 1 aromatic carbocycles. The second-order valence-corrected chi connectivity index (χ2v) is 16.5. The highest BCUT2D eigenvalue weighted by molar-refractivity contribution is 6.74. The van der Waals surface area contributed by atoms with E-state index in [2.05, 4.69) is 47.7 Å². The summed E-state index contributed by atoms with van der Waals surface area (Å²) in [6, 6.07) is 10.0. The molecule has 1 saturated heterocycles. The zero-order valence-electron chi connectivity index (χ0n) is 23.4. The van der Waals surface area contributed by atoms with Crippen molar-refractivity contribution in [1.29, 1.82) is 0 Å². The number of rotatable bonds is 13. The normalized spacial score (nSPS) is 23.7. The van der Waals surface area contributed by atoms with Crippen LogP contribution in [0.5, 0.6) is 0 Å². The van der Waals surface area contributed by atoms with Crippen molar-refractivity contribution in [3.8, 4) is 0 Å². The van der Waals surface area contributed by atoms with E-state index in [1.165, 1.54) is 0 Å². The molecule has 0 N–H and O–H groups in total. The maximum absolute atomic E-state index is 12.4. The molecule has 0 saturated carbocycles. The van der Waals surface area contributed by atoms with Crippen molar-refractivity contribution in [2.75, 3.05) is 20.5 Å². The number of hydrogen-bond acceptors (Lipinski definition) is 6. The maximum Gasteiger partial charge on any atom is 0.192 e. The molecule has 200 valence electrons. The van der Waals surface area contributed by atoms with Gasteiger partial charge in [-0.3, -0.25) is 4.79 Å². The third kappa shape index (κ3) is 8.47. The zero-order valence-corrected chi connectivity index (χ0v) is 24.4. The van der Waals surface area contributed by atoms with Crippen LogP contribution in [0.15, 0.2) is 30.3 Å². The molecule has 0 aromatic heterocycles. The molecule has 7 heteroatoms. The molecule has 6 nitrogen and oxygen atoms in total. The zero-order chi connectivity index (χ0) is 26.3. The van der Waals surface area contributed by atoms with Crippen molar-refractivity contribution in [2.45, 2.75) is 110 Å². The number of Topliss-reactive ketones (excluding diaryl/α,β-unsaturated/α-hetero) is 1. The summed E-state index contributed by atoms with van der Waals surface area (Å²) < 4.78 is 30.8. The third-order valence-corrected chi connectivity index (χ3v) is 12.3. The quantitative estimate of drug-likeness (QED) is 0.181. The molecule has 0 aliphatic carbocycles. The number of carbonyl (C=O) groups excluding carboxylic acids is 1. The summed E-state index contributed by atoms with van der Waals surface area (Å²) in [5.41, 5.74) is 0.806. The lowest BCUT2D eigenvalue weighted by molar-refractivity contribution is -0.211. The van der Waals surface area contributed by atoms with E-state index in [9.17, 15) is 4.79 Å². The van der Waals surface area contributed by atoms with Crippen LogP contribution in [-0.2, 0) is 34.8 Å². The summed E-state index contributed by atoms with van der Waals surface area (Å²) in [7, 11) is -0.356. The van der Waals surface area contributed by atoms with Gasteiger partial charge in [0.1, 0.15) is 18.7 Å². The smallest absolute Gasteiger partial charge is 0.192 e. The minimum absolute atomic E-state index is 0.0382. The summed E-state index contributed by atoms with van der Waals surface area (Å²) in [5.74, 6) is 0.203. The molecular formula is C28H48O6Si. The molecule has 0 bridgehead atoms. The topological polar surface area (TPSA) is 63.2 Å². The molecule has 0 unspecified atom stereocenters. The van der Waals surface area contributed by atoms with Crippen LogP contribution < -0.4 is 0 Å². The fourth-order valence-corrected chi connectivity index (χ4v) is 5.55. The van der Waals surface area contributed by atoms with E-state index in [4.69, 9.17) is 23.4 Å². The van der Waals surface area contributed by atoms with E-state index < -0.39 is 8.32 Å². The van der Waals surface area contributed by atoms with Gasteiger partial charge in [0.05, 0.1) is 31.5 Å². The van der Waals surface area contributed by atoms with Crippen molar-refractivity contribution < 1.29 is 28.2 Å². The Labute approximate surface area is 214 Å². The van der Waals surface area contributed by atoms with Gasteiger partial charge >= 0.3 is 0 Å². The molecule has 0 spiro atoms. The number of carbonyl (C=O) groups is 1. The molecule has 1 aliphatic heterocycles. The highest BCUT2D eigenvalue weighted by atomic mass is 28.4. The van der Waals surface area contributed by atoms with Crippen molar-refractivity contribution in [2.24, 2.45) is 5.41 Å². The lowest BCUT2D eigenvalue weighted by atomic mass is 9.74. The van der Waals surface area contributed by atoms with Crippen LogP contribution >= 0.6 is 0 Å². The van der Waals surface area contributed by atoms with Crippen molar-refractivity contribution in [3.05, 3.63) is 35.9 Å². The van der Waals surface area contributed by atoms with E-state index in [0.29, 0.717) is 32.5 Å². The predicted octanol–water partition coefficient (Wildman–Crippen LogP) is 6.14. The fraction of sp³-hybridized carbons (Fsp3) is 0.750. The van der Waals surface area contributed by atoms with Crippen LogP contribution in [0.1, 0.15) is 66.4 Å². The Kier molecular flexibility index (Phi) is 11.1. The van der Waals surface area contributed by atoms with Gasteiger partial charge in [-0.2, -0.15) is 0 Å². The van der Waals surface area contributed by atoms with Crippen LogP contribution in [-0.4, -0.2) is 59.0 Å². The van der Waals surface area contributed by atoms with E-state index in [1.807, 2.05) is 37.3 Å². The Hall–Kier alpha value is -1.09. The van der Waals surface area contributed by atoms with Crippen LogP contribution in [0, 0.1) is 5.41 Å². The first-order valence-corrected chi connectivity index (χ1v) is 15.8. The minimum Gasteiger partial charge on any atom is -0.413 e. The largest absolute Gasteiger partial charge is 0.413 e. The molecule has 1 aromatic rings. The van der Waals surface area contributed by atoms with Gasteiger partial charge in [0.15, 0.2) is 8.32 Å². The second-order valence-electron chi connectivity index (χ2n) is 11.8. The van der Waals surface area contributed by atoms with Crippen LogP contribution in [0.4, 0.5) is 0 Å². The average Bonchev–Trinajstić information content (AvgIpc) is 2.78. The highest BCUT2D eigenvalue weighted by Gasteiger charge is 2.51. The van der Waals surface area contributed by atoms with Crippen LogP contribution in [0.25, 0.3) is 0 Å². The molecule has 0 radical (unpaired) electrons. The summed E-state index contributed by atoms with van der Waals surface area (Å²) in [5, 5.41) is 0.0888. The average molecular weight is 509 g/mol. The molecular weight excluding hydrogens is 460 g/mol. The summed E-state index contributed by atoms with van der Waals surface area (Å²) in [4.78, 5) is 12.4. The highest BCUT2D eigenvalue weighted by Crippen LogP contribution is 2.46. The Morgan fingerprint density at radius 3 is 2.40 bits per heavy atom. The van der Waals surface area contributed by atoms with E-state index in [1.54, 1.807) is 7.11 Å². The lowest BCUT2D eigenvalue weighted by Gasteiger charge is -2.52. The Morgan fingerprint density at radius 2 is 1.83 bits per heavy atom. The first kappa shape index (κ1) is 30.1. The molecule has 1 fully saturated rings. The van der Waals surface area contributed by atoms with Crippen molar-refractivity contribution in [1.82, 2.24) is 0 Å². The van der Waals surface area contributed by atoms with Gasteiger partial charge in [0.2, 0.25) is 0 Å². The molecule has 0 amide bonds. The van der Waals surface area contributed by atoms with Crippen molar-refractivity contribution >= 4 is 14.1 Å². The number of ketones is 1. The minimum atomic E-state index is -2.03. The van der Waals surface area contributed by atoms with E-state index in [-0.39, 0.29) is 47.4 Å². The second kappa shape index (κ2) is 12.9. The Morgan fingerprint density at radius 1 is 1.17 bits per heavy atom. The van der Waals surface area contributed by atoms with Gasteiger partial charge < -0.3 is 23.4 Å². The molecule has 1 heterocycles. The van der Waals surface area contributed by atoms with Crippen molar-refractivity contribution in [3.63, 3.8) is 0 Å². The van der Waals surface area contributed by atoms with Gasteiger partial charge in [-0.1, -0.05) is 71.9 Å². The standard InChI is InChI=1S/C28H48O6Si/c1-10-22(29)16-25-28(5,6)26(34-35(8,9)27(2,3)4)17-23(33-25)24(30-7)19-32-20-31-18-21-14-12-11-13-15-21/h11-15,23-26H,10,16-20H2,1-9H3/t23-,24+,25+,26+/m0/s1. The summed E-state index contributed by atoms with van der Waals surface area (Å²) in [6.45, 7) is 18.6. The van der Waals surface area contributed by atoms with E-state index >= 15 is 0 Å². The van der Waals surface area contributed by atoms with Gasteiger partial charge in [-0.25, -0.2) is 0 Å². The molecule has 35 heavy (non-hydrogen) atoms. The summed E-state index contributed by atoms with van der Waals surface area (Å²) in [6.07, 6.45) is 0.795. The maximum atomic E-state index is 12.4.